The molecule has 0 atom stereocenters. The molecule has 1 amide bonds. The molecule has 1 aromatic carbocycles. The predicted octanol–water partition coefficient (Wildman–Crippen LogP) is 2.23. The average Bonchev–Trinajstić information content (AvgIpc) is 2.80. The van der Waals surface area contributed by atoms with Crippen molar-refractivity contribution in [2.45, 2.75) is 13.2 Å². The Morgan fingerprint density at radius 1 is 1.40 bits per heavy atom. The van der Waals surface area contributed by atoms with Gasteiger partial charge in [0.15, 0.2) is 0 Å². The number of carbonyl (C=O) groups is 1. The monoisotopic (exact) mass is 387 g/mol. The van der Waals surface area contributed by atoms with Crippen molar-refractivity contribution in [2.24, 2.45) is 0 Å². The molecular formula is C13H14IN3O3. The lowest BCUT2D eigenvalue weighted by atomic mass is 10.2. The van der Waals surface area contributed by atoms with Crippen LogP contribution in [0.3, 0.4) is 0 Å². The minimum Gasteiger partial charge on any atom is -0.444 e. The van der Waals surface area contributed by atoms with E-state index in [0.717, 1.165) is 9.13 Å². The maximum Gasteiger partial charge on any atom is 0.413 e. The maximum atomic E-state index is 11.8. The van der Waals surface area contributed by atoms with Gasteiger partial charge in [-0.1, -0.05) is 30.3 Å². The molecule has 20 heavy (non-hydrogen) atoms. The molecule has 0 aliphatic rings. The zero-order valence-corrected chi connectivity index (χ0v) is 12.8. The Bertz CT molecular complexity index is 571. The summed E-state index contributed by atoms with van der Waals surface area (Å²) in [6.45, 7) is 0.472. The van der Waals surface area contributed by atoms with E-state index in [0.29, 0.717) is 12.4 Å². The van der Waals surface area contributed by atoms with Crippen molar-refractivity contribution in [1.29, 1.82) is 0 Å². The van der Waals surface area contributed by atoms with Gasteiger partial charge in [0.2, 0.25) is 0 Å². The van der Waals surface area contributed by atoms with E-state index in [-0.39, 0.29) is 13.2 Å². The molecule has 2 N–H and O–H groups in total. The van der Waals surface area contributed by atoms with Gasteiger partial charge >= 0.3 is 6.09 Å². The van der Waals surface area contributed by atoms with Gasteiger partial charge in [-0.05, 0) is 28.2 Å². The van der Waals surface area contributed by atoms with Gasteiger partial charge in [-0.2, -0.15) is 5.10 Å². The molecule has 6 nitrogen and oxygen atoms in total. The van der Waals surface area contributed by atoms with Gasteiger partial charge in [0.05, 0.1) is 22.9 Å². The maximum absolute atomic E-state index is 11.8. The summed E-state index contributed by atoms with van der Waals surface area (Å²) in [5.74, 6) is 0.526. The topological polar surface area (TPSA) is 76.4 Å². The van der Waals surface area contributed by atoms with Crippen LogP contribution >= 0.6 is 22.6 Å². The molecule has 1 heterocycles. The van der Waals surface area contributed by atoms with E-state index < -0.39 is 6.09 Å². The molecule has 0 saturated heterocycles. The number of ether oxygens (including phenoxy) is 1. The van der Waals surface area contributed by atoms with Crippen molar-refractivity contribution >= 4 is 34.5 Å². The first-order valence-electron chi connectivity index (χ1n) is 6.00. The highest BCUT2D eigenvalue weighted by Crippen LogP contribution is 2.17. The van der Waals surface area contributed by atoms with Gasteiger partial charge in [-0.15, -0.1) is 0 Å². The number of nitrogens with one attached hydrogen (secondary N) is 1. The zero-order valence-electron chi connectivity index (χ0n) is 10.6. The second kappa shape index (κ2) is 7.25. The number of aliphatic hydroxyl groups excluding tert-OH is 1. The summed E-state index contributed by atoms with van der Waals surface area (Å²) < 4.78 is 7.44. The molecule has 0 saturated carbocycles. The Hall–Kier alpha value is -1.61. The number of halogens is 1. The standard InChI is InChI=1S/C13H14IN3O3/c14-11-8-15-17(6-7-18)12(11)16-13(19)20-9-10-4-2-1-3-5-10/h1-5,8,18H,6-7,9H2,(H,16,19). The number of aliphatic hydroxyl groups is 1. The van der Waals surface area contributed by atoms with Gasteiger partial charge in [0.1, 0.15) is 12.4 Å². The largest absolute Gasteiger partial charge is 0.444 e. The van der Waals surface area contributed by atoms with Crippen molar-refractivity contribution in [3.63, 3.8) is 0 Å². The van der Waals surface area contributed by atoms with E-state index in [1.807, 2.05) is 30.3 Å². The number of rotatable bonds is 5. The molecule has 0 aliphatic heterocycles. The summed E-state index contributed by atoms with van der Waals surface area (Å²) >= 11 is 2.06. The Balaban J connectivity index is 1.93. The van der Waals surface area contributed by atoms with Crippen molar-refractivity contribution in [2.75, 3.05) is 11.9 Å². The minimum absolute atomic E-state index is 0.0501. The molecule has 0 unspecified atom stereocenters. The normalized spacial score (nSPS) is 10.3. The number of hydrogen-bond donors (Lipinski definition) is 2. The van der Waals surface area contributed by atoms with E-state index >= 15 is 0 Å². The lowest BCUT2D eigenvalue weighted by Gasteiger charge is -2.09. The summed E-state index contributed by atoms with van der Waals surface area (Å²) in [7, 11) is 0. The Kier molecular flexibility index (Phi) is 5.36. The van der Waals surface area contributed by atoms with Crippen LogP contribution in [0, 0.1) is 3.57 Å². The predicted molar refractivity (Wildman–Crippen MR) is 82.3 cm³/mol. The highest BCUT2D eigenvalue weighted by molar-refractivity contribution is 14.1. The van der Waals surface area contributed by atoms with Crippen LogP contribution in [-0.4, -0.2) is 27.6 Å². The van der Waals surface area contributed by atoms with Crippen LogP contribution in [0.25, 0.3) is 0 Å². The van der Waals surface area contributed by atoms with Crippen LogP contribution < -0.4 is 5.32 Å². The highest BCUT2D eigenvalue weighted by atomic mass is 127. The minimum atomic E-state index is -0.550. The van der Waals surface area contributed by atoms with Crippen molar-refractivity contribution in [1.82, 2.24) is 9.78 Å². The average molecular weight is 387 g/mol. The van der Waals surface area contributed by atoms with Crippen LogP contribution in [0.1, 0.15) is 5.56 Å². The third-order valence-corrected chi connectivity index (χ3v) is 3.33. The molecule has 0 aliphatic carbocycles. The molecule has 0 bridgehead atoms. The second-order valence-electron chi connectivity index (χ2n) is 3.97. The van der Waals surface area contributed by atoms with E-state index in [4.69, 9.17) is 9.84 Å². The highest BCUT2D eigenvalue weighted by Gasteiger charge is 2.12. The number of benzene rings is 1. The molecule has 1 aromatic heterocycles. The fourth-order valence-electron chi connectivity index (χ4n) is 1.61. The Morgan fingerprint density at radius 2 is 2.15 bits per heavy atom. The van der Waals surface area contributed by atoms with E-state index in [1.54, 1.807) is 6.20 Å². The summed E-state index contributed by atoms with van der Waals surface area (Å²) in [4.78, 5) is 11.8. The summed E-state index contributed by atoms with van der Waals surface area (Å²) in [6, 6.07) is 9.44. The van der Waals surface area contributed by atoms with Crippen molar-refractivity contribution in [3.8, 4) is 0 Å². The lowest BCUT2D eigenvalue weighted by Crippen LogP contribution is -2.18. The molecule has 0 radical (unpaired) electrons. The number of nitrogens with zero attached hydrogens (tertiary/aromatic N) is 2. The molecule has 7 heteroatoms. The first-order chi connectivity index (χ1) is 9.70. The van der Waals surface area contributed by atoms with Gasteiger partial charge < -0.3 is 9.84 Å². The zero-order chi connectivity index (χ0) is 14.4. The van der Waals surface area contributed by atoms with Gasteiger partial charge in [0, 0.05) is 0 Å². The van der Waals surface area contributed by atoms with Crippen molar-refractivity contribution < 1.29 is 14.6 Å². The molecular weight excluding hydrogens is 373 g/mol. The molecule has 0 spiro atoms. The number of carbonyl (C=O) groups excluding carboxylic acids is 1. The summed E-state index contributed by atoms with van der Waals surface area (Å²) in [5.41, 5.74) is 0.918. The van der Waals surface area contributed by atoms with Crippen LogP contribution in [0.2, 0.25) is 0 Å². The summed E-state index contributed by atoms with van der Waals surface area (Å²) in [5, 5.41) is 15.6. The van der Waals surface area contributed by atoms with Gasteiger partial charge in [-0.25, -0.2) is 9.48 Å². The van der Waals surface area contributed by atoms with Crippen LogP contribution in [0.5, 0.6) is 0 Å². The van der Waals surface area contributed by atoms with Crippen LogP contribution in [0.15, 0.2) is 36.5 Å². The van der Waals surface area contributed by atoms with Gasteiger partial charge in [0.25, 0.3) is 0 Å². The number of amides is 1. The lowest BCUT2D eigenvalue weighted by molar-refractivity contribution is 0.154. The molecule has 106 valence electrons. The van der Waals surface area contributed by atoms with Crippen LogP contribution in [-0.2, 0) is 17.9 Å². The SMILES string of the molecule is O=C(Nc1c(I)cnn1CCO)OCc1ccccc1. The Labute approximate surface area is 129 Å². The Morgan fingerprint density at radius 3 is 2.85 bits per heavy atom. The first-order valence-corrected chi connectivity index (χ1v) is 7.08. The number of anilines is 1. The number of aromatic nitrogens is 2. The first kappa shape index (κ1) is 14.8. The van der Waals surface area contributed by atoms with Gasteiger partial charge in [-0.3, -0.25) is 5.32 Å². The number of hydrogen-bond acceptors (Lipinski definition) is 4. The molecule has 0 fully saturated rings. The van der Waals surface area contributed by atoms with Crippen molar-refractivity contribution in [3.05, 3.63) is 45.7 Å². The van der Waals surface area contributed by atoms with E-state index in [2.05, 4.69) is 33.0 Å². The quantitative estimate of drug-likeness (QED) is 0.772. The smallest absolute Gasteiger partial charge is 0.413 e. The van der Waals surface area contributed by atoms with E-state index in [1.165, 1.54) is 4.68 Å². The fourth-order valence-corrected chi connectivity index (χ4v) is 2.14. The van der Waals surface area contributed by atoms with Crippen LogP contribution in [0.4, 0.5) is 10.6 Å². The molecule has 2 aromatic rings. The molecule has 2 rings (SSSR count). The third kappa shape index (κ3) is 3.94. The second-order valence-corrected chi connectivity index (χ2v) is 5.14. The van der Waals surface area contributed by atoms with E-state index in [9.17, 15) is 4.79 Å². The summed E-state index contributed by atoms with van der Waals surface area (Å²) in [6.07, 6.45) is 1.06. The third-order valence-electron chi connectivity index (χ3n) is 2.54. The fraction of sp³-hybridized carbons (Fsp3) is 0.231.